The summed E-state index contributed by atoms with van der Waals surface area (Å²) in [5.74, 6) is 2.06. The quantitative estimate of drug-likeness (QED) is 0.423. The summed E-state index contributed by atoms with van der Waals surface area (Å²) in [6, 6.07) is 8.33. The van der Waals surface area contributed by atoms with Crippen molar-refractivity contribution in [3.63, 3.8) is 0 Å². The Hall–Kier alpha value is -1.78. The van der Waals surface area contributed by atoms with Gasteiger partial charge >= 0.3 is 0 Å². The van der Waals surface area contributed by atoms with E-state index in [1.807, 2.05) is 6.07 Å². The molecular formula is C22H29NO2S. The molecule has 0 spiro atoms. The second-order valence-electron chi connectivity index (χ2n) is 6.53. The van der Waals surface area contributed by atoms with Crippen molar-refractivity contribution >= 4 is 22.3 Å². The highest BCUT2D eigenvalue weighted by Crippen LogP contribution is 2.42. The molecule has 26 heavy (non-hydrogen) atoms. The predicted molar refractivity (Wildman–Crippen MR) is 111 cm³/mol. The van der Waals surface area contributed by atoms with Crippen molar-refractivity contribution in [2.45, 2.75) is 40.0 Å². The molecule has 0 radical (unpaired) electrons. The van der Waals surface area contributed by atoms with Crippen molar-refractivity contribution in [3.05, 3.63) is 40.8 Å². The Morgan fingerprint density at radius 2 is 1.88 bits per heavy atom. The van der Waals surface area contributed by atoms with E-state index in [2.05, 4.69) is 54.6 Å². The molecule has 0 aliphatic rings. The summed E-state index contributed by atoms with van der Waals surface area (Å²) in [6.07, 6.45) is 3.26. The van der Waals surface area contributed by atoms with Crippen molar-refractivity contribution in [1.82, 2.24) is 4.90 Å². The van der Waals surface area contributed by atoms with Crippen LogP contribution in [0.1, 0.15) is 39.4 Å². The van der Waals surface area contributed by atoms with Gasteiger partial charge in [-0.1, -0.05) is 45.4 Å². The monoisotopic (exact) mass is 371 g/mol. The molecule has 0 bridgehead atoms. The number of hydrogen-bond acceptors (Lipinski definition) is 4. The smallest absolute Gasteiger partial charge is 0.138 e. The fourth-order valence-corrected chi connectivity index (χ4v) is 4.07. The summed E-state index contributed by atoms with van der Waals surface area (Å²) in [6.45, 7) is 10.4. The Kier molecular flexibility index (Phi) is 6.75. The number of thiophene rings is 1. The molecule has 3 nitrogen and oxygen atoms in total. The van der Waals surface area contributed by atoms with Gasteiger partial charge in [0.05, 0.1) is 0 Å². The summed E-state index contributed by atoms with van der Waals surface area (Å²) in [7, 11) is 0. The molecule has 3 rings (SSSR count). The van der Waals surface area contributed by atoms with E-state index in [-0.39, 0.29) is 0 Å². The second kappa shape index (κ2) is 9.24. The Balaban J connectivity index is 1.88. The van der Waals surface area contributed by atoms with E-state index >= 15 is 0 Å². The van der Waals surface area contributed by atoms with Crippen molar-refractivity contribution in [3.8, 4) is 16.9 Å². The van der Waals surface area contributed by atoms with Gasteiger partial charge in [-0.3, -0.25) is 0 Å². The first-order chi connectivity index (χ1) is 12.8. The number of aryl methyl sites for hydroxylation is 1. The average Bonchev–Trinajstić information content (AvgIpc) is 3.27. The molecule has 2 aromatic heterocycles. The number of likely N-dealkylation sites (N-methyl/N-ethyl adjacent to an activating group) is 1. The van der Waals surface area contributed by atoms with E-state index in [0.29, 0.717) is 6.61 Å². The van der Waals surface area contributed by atoms with E-state index in [1.165, 1.54) is 16.5 Å². The van der Waals surface area contributed by atoms with E-state index < -0.39 is 0 Å². The molecule has 0 saturated carbocycles. The molecule has 4 heteroatoms. The van der Waals surface area contributed by atoms with Crippen LogP contribution in [0.15, 0.2) is 39.4 Å². The summed E-state index contributed by atoms with van der Waals surface area (Å²) < 4.78 is 12.4. The normalized spacial score (nSPS) is 11.5. The Morgan fingerprint density at radius 3 is 2.65 bits per heavy atom. The van der Waals surface area contributed by atoms with Crippen LogP contribution in [0.4, 0.5) is 0 Å². The van der Waals surface area contributed by atoms with E-state index in [9.17, 15) is 0 Å². The minimum atomic E-state index is 0.714. The number of unbranched alkanes of at least 4 members (excludes halogenated alkanes) is 1. The van der Waals surface area contributed by atoms with Gasteiger partial charge in [-0.15, -0.1) is 11.3 Å². The number of fused-ring (bicyclic) bond motifs is 1. The largest absolute Gasteiger partial charge is 0.491 e. The van der Waals surface area contributed by atoms with Gasteiger partial charge < -0.3 is 14.1 Å². The fraction of sp³-hybridized carbons (Fsp3) is 0.455. The minimum absolute atomic E-state index is 0.714. The number of rotatable bonds is 10. The first kappa shape index (κ1) is 19.0. The third-order valence-electron chi connectivity index (χ3n) is 4.88. The Labute approximate surface area is 160 Å². The van der Waals surface area contributed by atoms with Gasteiger partial charge in [0.1, 0.15) is 23.7 Å². The van der Waals surface area contributed by atoms with Gasteiger partial charge in [-0.2, -0.15) is 0 Å². The molecule has 3 aromatic rings. The van der Waals surface area contributed by atoms with Crippen LogP contribution in [0.25, 0.3) is 22.1 Å². The molecular weight excluding hydrogens is 342 g/mol. The highest BCUT2D eigenvalue weighted by atomic mass is 32.1. The molecule has 0 aliphatic carbocycles. The van der Waals surface area contributed by atoms with Crippen LogP contribution >= 0.6 is 11.3 Å². The SMILES string of the molecule is CCCCc1oc2ccccc2c1-c1cscc1OCCN(CC)CC. The zero-order valence-electron chi connectivity index (χ0n) is 16.1. The maximum absolute atomic E-state index is 6.20. The average molecular weight is 372 g/mol. The molecule has 2 heterocycles. The van der Waals surface area contributed by atoms with Crippen molar-refractivity contribution < 1.29 is 9.15 Å². The van der Waals surface area contributed by atoms with Crippen LogP contribution in [-0.4, -0.2) is 31.1 Å². The lowest BCUT2D eigenvalue weighted by molar-refractivity contribution is 0.224. The number of benzene rings is 1. The molecule has 0 amide bonds. The maximum Gasteiger partial charge on any atom is 0.138 e. The van der Waals surface area contributed by atoms with Gasteiger partial charge in [-0.25, -0.2) is 0 Å². The van der Waals surface area contributed by atoms with Crippen molar-refractivity contribution in [2.24, 2.45) is 0 Å². The molecule has 0 aliphatic heterocycles. The third-order valence-corrected chi connectivity index (χ3v) is 5.60. The molecule has 1 aromatic carbocycles. The van der Waals surface area contributed by atoms with Crippen LogP contribution in [0.5, 0.6) is 5.75 Å². The lowest BCUT2D eigenvalue weighted by Crippen LogP contribution is -2.27. The molecule has 140 valence electrons. The zero-order valence-corrected chi connectivity index (χ0v) is 16.9. The molecule has 0 N–H and O–H groups in total. The predicted octanol–water partition coefficient (Wildman–Crippen LogP) is 6.22. The van der Waals surface area contributed by atoms with Crippen LogP contribution < -0.4 is 4.74 Å². The highest BCUT2D eigenvalue weighted by Gasteiger charge is 2.19. The number of hydrogen-bond donors (Lipinski definition) is 0. The summed E-state index contributed by atoms with van der Waals surface area (Å²) >= 11 is 1.70. The van der Waals surface area contributed by atoms with Crippen LogP contribution in [0.2, 0.25) is 0 Å². The molecule has 0 atom stereocenters. The maximum atomic E-state index is 6.20. The second-order valence-corrected chi connectivity index (χ2v) is 7.27. The first-order valence-electron chi connectivity index (χ1n) is 9.70. The number of nitrogens with zero attached hydrogens (tertiary/aromatic N) is 1. The van der Waals surface area contributed by atoms with Gasteiger partial charge in [0.2, 0.25) is 0 Å². The minimum Gasteiger partial charge on any atom is -0.491 e. The van der Waals surface area contributed by atoms with Crippen LogP contribution in [0.3, 0.4) is 0 Å². The third kappa shape index (κ3) is 4.13. The topological polar surface area (TPSA) is 25.6 Å². The Morgan fingerprint density at radius 1 is 1.08 bits per heavy atom. The summed E-state index contributed by atoms with van der Waals surface area (Å²) in [5.41, 5.74) is 3.35. The van der Waals surface area contributed by atoms with Gasteiger partial charge in [0, 0.05) is 40.2 Å². The van der Waals surface area contributed by atoms with Crippen LogP contribution in [0, 0.1) is 0 Å². The highest BCUT2D eigenvalue weighted by molar-refractivity contribution is 7.08. The van der Waals surface area contributed by atoms with Gasteiger partial charge in [-0.05, 0) is 25.6 Å². The number of para-hydroxylation sites is 1. The molecule has 0 fully saturated rings. The lowest BCUT2D eigenvalue weighted by Gasteiger charge is -2.18. The zero-order chi connectivity index (χ0) is 18.4. The van der Waals surface area contributed by atoms with Gasteiger partial charge in [0.25, 0.3) is 0 Å². The van der Waals surface area contributed by atoms with Crippen LogP contribution in [-0.2, 0) is 6.42 Å². The van der Waals surface area contributed by atoms with Crippen molar-refractivity contribution in [1.29, 1.82) is 0 Å². The summed E-state index contributed by atoms with van der Waals surface area (Å²) in [4.78, 5) is 2.38. The standard InChI is InChI=1S/C22H29NO2S/c1-4-7-11-20-22(17-10-8-9-12-19(17)25-20)18-15-26-16-21(18)24-14-13-23(5-2)6-3/h8-10,12,15-16H,4-7,11,13-14H2,1-3H3. The molecule has 0 unspecified atom stereocenters. The van der Waals surface area contributed by atoms with E-state index in [1.54, 1.807) is 11.3 Å². The van der Waals surface area contributed by atoms with E-state index in [4.69, 9.17) is 9.15 Å². The lowest BCUT2D eigenvalue weighted by atomic mass is 10.0. The van der Waals surface area contributed by atoms with Crippen molar-refractivity contribution in [2.75, 3.05) is 26.2 Å². The van der Waals surface area contributed by atoms with E-state index in [0.717, 1.165) is 56.0 Å². The number of furan rings is 1. The summed E-state index contributed by atoms with van der Waals surface area (Å²) in [5, 5.41) is 5.49. The van der Waals surface area contributed by atoms with Gasteiger partial charge in [0.15, 0.2) is 0 Å². The first-order valence-corrected chi connectivity index (χ1v) is 10.6. The number of ether oxygens (including phenoxy) is 1. The Bertz CT molecular complexity index is 817. The fourth-order valence-electron chi connectivity index (χ4n) is 3.31. The molecule has 0 saturated heterocycles.